The number of aromatic nitrogens is 2. The fraction of sp³-hybridized carbons (Fsp3) is 0.389. The van der Waals surface area contributed by atoms with Gasteiger partial charge in [-0.2, -0.15) is 0 Å². The lowest BCUT2D eigenvalue weighted by molar-refractivity contribution is -0.141. The van der Waals surface area contributed by atoms with E-state index in [0.29, 0.717) is 18.1 Å². The van der Waals surface area contributed by atoms with Crippen molar-refractivity contribution in [2.45, 2.75) is 55.8 Å². The molecule has 0 amide bonds. The van der Waals surface area contributed by atoms with Crippen LogP contribution in [0.15, 0.2) is 101 Å². The predicted molar refractivity (Wildman–Crippen MR) is 183 cm³/mol. The minimum Gasteiger partial charge on any atom is -0.497 e. The molecule has 256 valence electrons. The summed E-state index contributed by atoms with van der Waals surface area (Å²) in [6.45, 7) is 7.16. The van der Waals surface area contributed by atoms with E-state index in [2.05, 4.69) is 24.6 Å². The van der Waals surface area contributed by atoms with E-state index in [1.165, 1.54) is 12.3 Å². The number of benzene rings is 3. The highest BCUT2D eigenvalue weighted by Gasteiger charge is 2.48. The molecule has 2 N–H and O–H groups in total. The lowest BCUT2D eigenvalue weighted by atomic mass is 9.80. The number of aromatic amines is 1. The van der Waals surface area contributed by atoms with Gasteiger partial charge in [0.15, 0.2) is 6.23 Å². The van der Waals surface area contributed by atoms with Gasteiger partial charge in [0.05, 0.1) is 20.8 Å². The Morgan fingerprint density at radius 1 is 0.854 bits per heavy atom. The van der Waals surface area contributed by atoms with Crippen molar-refractivity contribution in [3.8, 4) is 11.5 Å². The zero-order chi connectivity index (χ0) is 34.3. The monoisotopic (exact) mass is 676 g/mol. The maximum Gasteiger partial charge on any atom is 0.330 e. The van der Waals surface area contributed by atoms with Crippen LogP contribution in [0.2, 0.25) is 25.7 Å². The number of hydrogen-bond donors (Lipinski definition) is 2. The molecule has 1 aliphatic heterocycles. The first-order valence-corrected chi connectivity index (χ1v) is 19.6. The number of aliphatic hydroxyl groups excluding tert-OH is 1. The highest BCUT2D eigenvalue weighted by molar-refractivity contribution is 6.76. The van der Waals surface area contributed by atoms with E-state index >= 15 is 0 Å². The summed E-state index contributed by atoms with van der Waals surface area (Å²) in [6.07, 6.45) is -2.91. The normalized spacial score (nSPS) is 19.7. The standard InChI is InChI=1S/C36H44N2O9Si/c1-42-28-15-11-26(12-16-28)36(25-9-7-6-8-10-25,27-13-17-29(43-2)18-14-27)46-23-30-33(45-24-44-21-22-48(3,4)5)32(40)34(47-30)38-20-19-31(39)37-35(38)41/h6-20,30,32-34,40H,21-24H2,1-5H3,(H,37,39,41)/t30-,32-,33-,34-/m1/s1. The fourth-order valence-electron chi connectivity index (χ4n) is 5.76. The maximum atomic E-state index is 12.8. The first kappa shape index (κ1) is 35.3. The van der Waals surface area contributed by atoms with Gasteiger partial charge in [0.2, 0.25) is 0 Å². The zero-order valence-corrected chi connectivity index (χ0v) is 29.0. The Labute approximate surface area is 281 Å². The predicted octanol–water partition coefficient (Wildman–Crippen LogP) is 4.52. The smallest absolute Gasteiger partial charge is 0.330 e. The molecule has 1 saturated heterocycles. The van der Waals surface area contributed by atoms with Gasteiger partial charge in [0.25, 0.3) is 5.56 Å². The number of nitrogens with zero attached hydrogens (tertiary/aromatic N) is 1. The lowest BCUT2D eigenvalue weighted by Gasteiger charge is -2.37. The van der Waals surface area contributed by atoms with Crippen LogP contribution in [-0.2, 0) is 24.5 Å². The molecule has 48 heavy (non-hydrogen) atoms. The summed E-state index contributed by atoms with van der Waals surface area (Å²) in [5.74, 6) is 1.38. The molecule has 0 saturated carbocycles. The Morgan fingerprint density at radius 3 is 1.98 bits per heavy atom. The molecule has 0 radical (unpaired) electrons. The molecule has 0 unspecified atom stereocenters. The molecule has 5 rings (SSSR count). The number of methoxy groups -OCH3 is 2. The molecule has 3 aromatic carbocycles. The number of nitrogens with one attached hydrogen (secondary N) is 1. The average molecular weight is 677 g/mol. The summed E-state index contributed by atoms with van der Waals surface area (Å²) in [5, 5.41) is 11.5. The minimum atomic E-state index is -1.33. The van der Waals surface area contributed by atoms with Crippen LogP contribution in [0.5, 0.6) is 11.5 Å². The summed E-state index contributed by atoms with van der Waals surface area (Å²) in [6, 6.07) is 27.2. The highest BCUT2D eigenvalue weighted by Crippen LogP contribution is 2.43. The van der Waals surface area contributed by atoms with Gasteiger partial charge in [-0.25, -0.2) is 4.79 Å². The van der Waals surface area contributed by atoms with E-state index in [0.717, 1.165) is 27.3 Å². The fourth-order valence-corrected chi connectivity index (χ4v) is 6.52. The maximum absolute atomic E-state index is 12.8. The zero-order valence-electron chi connectivity index (χ0n) is 28.0. The van der Waals surface area contributed by atoms with Crippen molar-refractivity contribution in [2.75, 3.05) is 34.2 Å². The molecule has 0 aliphatic carbocycles. The third kappa shape index (κ3) is 7.97. The quantitative estimate of drug-likeness (QED) is 0.0808. The van der Waals surface area contributed by atoms with Crippen molar-refractivity contribution < 1.29 is 33.5 Å². The van der Waals surface area contributed by atoms with E-state index in [-0.39, 0.29) is 13.4 Å². The molecule has 0 spiro atoms. The van der Waals surface area contributed by atoms with E-state index in [9.17, 15) is 14.7 Å². The molecular formula is C36H44N2O9Si. The van der Waals surface area contributed by atoms with Gasteiger partial charge in [0.1, 0.15) is 42.2 Å². The van der Waals surface area contributed by atoms with Crippen LogP contribution in [0.1, 0.15) is 22.9 Å². The van der Waals surface area contributed by atoms with Crippen LogP contribution in [-0.4, -0.2) is 75.3 Å². The van der Waals surface area contributed by atoms with Crippen LogP contribution in [0.25, 0.3) is 0 Å². The van der Waals surface area contributed by atoms with Gasteiger partial charge >= 0.3 is 5.69 Å². The van der Waals surface area contributed by atoms with E-state index in [1.807, 2.05) is 78.9 Å². The molecule has 0 bridgehead atoms. The average Bonchev–Trinajstić information content (AvgIpc) is 3.39. The molecular weight excluding hydrogens is 632 g/mol. The van der Waals surface area contributed by atoms with Crippen LogP contribution in [0.3, 0.4) is 0 Å². The van der Waals surface area contributed by atoms with Crippen molar-refractivity contribution in [1.82, 2.24) is 9.55 Å². The van der Waals surface area contributed by atoms with E-state index in [1.54, 1.807) is 14.2 Å². The number of ether oxygens (including phenoxy) is 6. The Balaban J connectivity index is 1.52. The second-order valence-electron chi connectivity index (χ2n) is 12.9. The SMILES string of the molecule is COc1ccc(C(OC[C@H]2O[C@@H](n3ccc(=O)[nH]c3=O)[C@H](O)[C@@H]2OCOCC[Si](C)(C)C)(c2ccccc2)c2ccc(OC)cc2)cc1. The van der Waals surface area contributed by atoms with Gasteiger partial charge in [0, 0.05) is 26.9 Å². The van der Waals surface area contributed by atoms with Crippen molar-refractivity contribution in [3.63, 3.8) is 0 Å². The second-order valence-corrected chi connectivity index (χ2v) is 18.5. The minimum absolute atomic E-state index is 0.0574. The molecule has 4 atom stereocenters. The second kappa shape index (κ2) is 15.5. The topological polar surface area (TPSA) is 130 Å². The summed E-state index contributed by atoms with van der Waals surface area (Å²) < 4.78 is 37.3. The van der Waals surface area contributed by atoms with Crippen molar-refractivity contribution in [1.29, 1.82) is 0 Å². The number of hydrogen-bond acceptors (Lipinski definition) is 9. The van der Waals surface area contributed by atoms with Crippen LogP contribution < -0.4 is 20.7 Å². The first-order valence-electron chi connectivity index (χ1n) is 15.9. The Kier molecular flexibility index (Phi) is 11.4. The summed E-state index contributed by atoms with van der Waals surface area (Å²) in [7, 11) is 1.89. The lowest BCUT2D eigenvalue weighted by Crippen LogP contribution is -2.41. The van der Waals surface area contributed by atoms with Crippen molar-refractivity contribution >= 4 is 8.07 Å². The molecule has 2 heterocycles. The first-order chi connectivity index (χ1) is 23.1. The number of rotatable bonds is 15. The van der Waals surface area contributed by atoms with Crippen molar-refractivity contribution in [2.24, 2.45) is 0 Å². The van der Waals surface area contributed by atoms with E-state index in [4.69, 9.17) is 28.4 Å². The van der Waals surface area contributed by atoms with Gasteiger partial charge in [-0.15, -0.1) is 0 Å². The van der Waals surface area contributed by atoms with Crippen LogP contribution in [0.4, 0.5) is 0 Å². The Bertz CT molecular complexity index is 1670. The van der Waals surface area contributed by atoms with Crippen LogP contribution in [0, 0.1) is 0 Å². The Morgan fingerprint density at radius 2 is 1.44 bits per heavy atom. The molecule has 1 aliphatic rings. The molecule has 11 nitrogen and oxygen atoms in total. The molecule has 1 aromatic heterocycles. The molecule has 4 aromatic rings. The van der Waals surface area contributed by atoms with Gasteiger partial charge < -0.3 is 33.5 Å². The third-order valence-corrected chi connectivity index (χ3v) is 10.1. The van der Waals surface area contributed by atoms with Crippen LogP contribution >= 0.6 is 0 Å². The summed E-state index contributed by atoms with van der Waals surface area (Å²) in [5.41, 5.74) is 0.0588. The molecule has 12 heteroatoms. The van der Waals surface area contributed by atoms with Gasteiger partial charge in [-0.1, -0.05) is 74.2 Å². The number of aliphatic hydroxyl groups is 1. The summed E-state index contributed by atoms with van der Waals surface area (Å²) >= 11 is 0. The van der Waals surface area contributed by atoms with Crippen molar-refractivity contribution in [3.05, 3.63) is 129 Å². The Hall–Kier alpha value is -4.04. The third-order valence-electron chi connectivity index (χ3n) is 8.41. The van der Waals surface area contributed by atoms with Gasteiger partial charge in [-0.05, 0) is 47.0 Å². The largest absolute Gasteiger partial charge is 0.497 e. The highest BCUT2D eigenvalue weighted by atomic mass is 28.3. The molecule has 1 fully saturated rings. The number of H-pyrrole nitrogens is 1. The van der Waals surface area contributed by atoms with Gasteiger partial charge in [-0.3, -0.25) is 14.3 Å². The summed E-state index contributed by atoms with van der Waals surface area (Å²) in [4.78, 5) is 26.8. The van der Waals surface area contributed by atoms with E-state index < -0.39 is 49.5 Å².